The third-order valence-corrected chi connectivity index (χ3v) is 2.97. The molecule has 0 amide bonds. The molecule has 0 saturated carbocycles. The van der Waals surface area contributed by atoms with Gasteiger partial charge in [0, 0.05) is 9.40 Å². The van der Waals surface area contributed by atoms with Crippen molar-refractivity contribution in [3.8, 4) is 0 Å². The number of benzene rings is 1. The lowest BCUT2D eigenvalue weighted by Gasteiger charge is -2.19. The van der Waals surface area contributed by atoms with Crippen LogP contribution in [0.4, 0.5) is 5.69 Å². The zero-order valence-electron chi connectivity index (χ0n) is 8.04. The van der Waals surface area contributed by atoms with Gasteiger partial charge in [-0.1, -0.05) is 15.9 Å². The number of rotatable bonds is 2. The second-order valence-corrected chi connectivity index (χ2v) is 4.33. The highest BCUT2D eigenvalue weighted by Gasteiger charge is 2.35. The van der Waals surface area contributed by atoms with Crippen molar-refractivity contribution in [3.63, 3.8) is 0 Å². The van der Waals surface area contributed by atoms with Crippen LogP contribution in [0.1, 0.15) is 11.5 Å². The van der Waals surface area contributed by atoms with Crippen LogP contribution < -0.4 is 0 Å². The Labute approximate surface area is 99.5 Å². The molecule has 16 heavy (non-hydrogen) atoms. The van der Waals surface area contributed by atoms with Crippen LogP contribution in [-0.2, 0) is 4.79 Å². The van der Waals surface area contributed by atoms with Crippen molar-refractivity contribution in [2.45, 2.75) is 12.0 Å². The molecule has 0 aromatic heterocycles. The van der Waals surface area contributed by atoms with Crippen molar-refractivity contribution in [2.75, 3.05) is 0 Å². The van der Waals surface area contributed by atoms with Gasteiger partial charge in [0.25, 0.3) is 6.04 Å². The van der Waals surface area contributed by atoms with Crippen molar-refractivity contribution < 1.29 is 9.72 Å². The maximum absolute atomic E-state index is 11.0. The van der Waals surface area contributed by atoms with Gasteiger partial charge in [-0.25, -0.2) is 0 Å². The van der Waals surface area contributed by atoms with Crippen LogP contribution in [0.3, 0.4) is 0 Å². The van der Waals surface area contributed by atoms with Gasteiger partial charge in [0.15, 0.2) is 0 Å². The molecule has 0 aliphatic carbocycles. The van der Waals surface area contributed by atoms with Gasteiger partial charge in [-0.2, -0.15) is 0 Å². The fraction of sp³-hybridized carbons (Fsp3) is 0.200. The highest BCUT2D eigenvalue weighted by molar-refractivity contribution is 9.10. The molecule has 82 valence electrons. The van der Waals surface area contributed by atoms with E-state index in [4.69, 9.17) is 0 Å². The van der Waals surface area contributed by atoms with Crippen LogP contribution in [0.2, 0.25) is 0 Å². The number of fused-ring (bicyclic) bond motifs is 1. The van der Waals surface area contributed by atoms with Gasteiger partial charge < -0.3 is 4.79 Å². The van der Waals surface area contributed by atoms with Gasteiger partial charge in [0.05, 0.1) is 11.9 Å². The second-order valence-electron chi connectivity index (χ2n) is 3.42. The predicted octanol–water partition coefficient (Wildman–Crippen LogP) is 2.09. The van der Waals surface area contributed by atoms with Crippen LogP contribution in [0, 0.1) is 10.1 Å². The first-order valence-corrected chi connectivity index (χ1v) is 5.35. The standard InChI is InChI=1S/C10H7BrN2O3/c11-6-1-2-9-7(3-6)8(5-14)10(4-12-9)13(15)16/h1-5,8,10H. The number of carbonyl (C=O) groups is 1. The number of aliphatic imine (C=N–C) groups is 1. The molecule has 1 aliphatic heterocycles. The normalized spacial score (nSPS) is 22.6. The quantitative estimate of drug-likeness (QED) is 0.474. The fourth-order valence-electron chi connectivity index (χ4n) is 1.68. The number of carbonyl (C=O) groups excluding carboxylic acids is 1. The summed E-state index contributed by atoms with van der Waals surface area (Å²) >= 11 is 3.27. The monoisotopic (exact) mass is 282 g/mol. The van der Waals surface area contributed by atoms with Crippen LogP contribution >= 0.6 is 15.9 Å². The summed E-state index contributed by atoms with van der Waals surface area (Å²) in [6.07, 6.45) is 1.82. The number of hydrogen-bond donors (Lipinski definition) is 0. The third kappa shape index (κ3) is 1.76. The minimum Gasteiger partial charge on any atom is -0.302 e. The lowest BCUT2D eigenvalue weighted by Crippen LogP contribution is -2.32. The number of hydrogen-bond acceptors (Lipinski definition) is 4. The number of nitro groups is 1. The first kappa shape index (κ1) is 10.9. The van der Waals surface area contributed by atoms with Gasteiger partial charge >= 0.3 is 0 Å². The molecular formula is C10H7BrN2O3. The van der Waals surface area contributed by atoms with E-state index in [1.54, 1.807) is 18.2 Å². The van der Waals surface area contributed by atoms with Crippen LogP contribution in [0.5, 0.6) is 0 Å². The zero-order valence-corrected chi connectivity index (χ0v) is 9.62. The second kappa shape index (κ2) is 4.13. The van der Waals surface area contributed by atoms with E-state index in [0.29, 0.717) is 17.5 Å². The topological polar surface area (TPSA) is 72.6 Å². The summed E-state index contributed by atoms with van der Waals surface area (Å²) in [4.78, 5) is 25.2. The molecule has 0 fully saturated rings. The molecule has 2 rings (SSSR count). The lowest BCUT2D eigenvalue weighted by molar-refractivity contribution is -0.503. The van der Waals surface area contributed by atoms with Crippen molar-refractivity contribution >= 4 is 34.1 Å². The van der Waals surface area contributed by atoms with Crippen LogP contribution in [0.15, 0.2) is 27.7 Å². The first-order chi connectivity index (χ1) is 7.63. The summed E-state index contributed by atoms with van der Waals surface area (Å²) < 4.78 is 0.775. The Morgan fingerprint density at radius 2 is 2.25 bits per heavy atom. The number of nitrogens with zero attached hydrogens (tertiary/aromatic N) is 2. The molecule has 0 saturated heterocycles. The van der Waals surface area contributed by atoms with Gasteiger partial charge in [-0.15, -0.1) is 0 Å². The highest BCUT2D eigenvalue weighted by atomic mass is 79.9. The molecule has 0 N–H and O–H groups in total. The van der Waals surface area contributed by atoms with Crippen molar-refractivity contribution in [1.29, 1.82) is 0 Å². The summed E-state index contributed by atoms with van der Waals surface area (Å²) in [5.41, 5.74) is 1.20. The molecule has 1 heterocycles. The molecule has 0 radical (unpaired) electrons. The Hall–Kier alpha value is -1.56. The Kier molecular flexibility index (Phi) is 2.82. The zero-order chi connectivity index (χ0) is 11.7. The van der Waals surface area contributed by atoms with E-state index in [2.05, 4.69) is 20.9 Å². The molecule has 0 bridgehead atoms. The third-order valence-electron chi connectivity index (χ3n) is 2.47. The minimum absolute atomic E-state index is 0.494. The lowest BCUT2D eigenvalue weighted by atomic mass is 9.90. The highest BCUT2D eigenvalue weighted by Crippen LogP contribution is 2.34. The van der Waals surface area contributed by atoms with Crippen LogP contribution in [0.25, 0.3) is 0 Å². The largest absolute Gasteiger partial charge is 0.302 e. The predicted molar refractivity (Wildman–Crippen MR) is 61.9 cm³/mol. The maximum Gasteiger partial charge on any atom is 0.261 e. The van der Waals surface area contributed by atoms with Gasteiger partial charge in [0.1, 0.15) is 12.2 Å². The Balaban J connectivity index is 2.53. The SMILES string of the molecule is O=CC1c2cc(Br)ccc2N=CC1[N+](=O)[O-]. The smallest absolute Gasteiger partial charge is 0.261 e. The van der Waals surface area contributed by atoms with E-state index < -0.39 is 16.9 Å². The van der Waals surface area contributed by atoms with Crippen molar-refractivity contribution in [2.24, 2.45) is 4.99 Å². The maximum atomic E-state index is 11.0. The van der Waals surface area contributed by atoms with Crippen molar-refractivity contribution in [3.05, 3.63) is 38.3 Å². The summed E-state index contributed by atoms with van der Waals surface area (Å²) in [6, 6.07) is 4.13. The first-order valence-electron chi connectivity index (χ1n) is 4.56. The van der Waals surface area contributed by atoms with Crippen LogP contribution in [-0.4, -0.2) is 23.5 Å². The molecule has 0 spiro atoms. The molecule has 2 unspecified atom stereocenters. The van der Waals surface area contributed by atoms with Gasteiger partial charge in [-0.05, 0) is 23.8 Å². The molecule has 1 aromatic rings. The minimum atomic E-state index is -1.07. The molecule has 1 aromatic carbocycles. The molecule has 1 aliphatic rings. The van der Waals surface area contributed by atoms with Gasteiger partial charge in [-0.3, -0.25) is 15.1 Å². The average Bonchev–Trinajstić information content (AvgIpc) is 2.27. The molecule has 5 nitrogen and oxygen atoms in total. The van der Waals surface area contributed by atoms with E-state index >= 15 is 0 Å². The Bertz CT molecular complexity index is 487. The summed E-state index contributed by atoms with van der Waals surface area (Å²) in [7, 11) is 0. The van der Waals surface area contributed by atoms with E-state index in [9.17, 15) is 14.9 Å². The fourth-order valence-corrected chi connectivity index (χ4v) is 2.06. The van der Waals surface area contributed by atoms with Crippen molar-refractivity contribution in [1.82, 2.24) is 0 Å². The Morgan fingerprint density at radius 1 is 1.50 bits per heavy atom. The summed E-state index contributed by atoms with van der Waals surface area (Å²) in [5, 5.41) is 10.8. The van der Waals surface area contributed by atoms with E-state index in [-0.39, 0.29) is 0 Å². The summed E-state index contributed by atoms with van der Waals surface area (Å²) in [6.45, 7) is 0. The van der Waals surface area contributed by atoms with E-state index in [1.165, 1.54) is 6.21 Å². The average molecular weight is 283 g/mol. The molecule has 6 heteroatoms. The molecular weight excluding hydrogens is 276 g/mol. The van der Waals surface area contributed by atoms with Gasteiger partial charge in [0.2, 0.25) is 0 Å². The number of halogens is 1. The van der Waals surface area contributed by atoms with E-state index in [0.717, 1.165) is 4.47 Å². The number of aldehydes is 1. The van der Waals surface area contributed by atoms with E-state index in [1.807, 2.05) is 0 Å². The summed E-state index contributed by atoms with van der Waals surface area (Å²) in [5.74, 6) is -0.764. The Morgan fingerprint density at radius 3 is 2.88 bits per heavy atom. The molecule has 2 atom stereocenters.